The fraction of sp³-hybridized carbons (Fsp3) is 0.235. The molecule has 0 saturated carbocycles. The maximum Gasteiger partial charge on any atom is 0.195 e. The summed E-state index contributed by atoms with van der Waals surface area (Å²) in [5.41, 5.74) is 2.45. The molecule has 1 heterocycles. The second-order valence-corrected chi connectivity index (χ2v) is 7.39. The topological polar surface area (TPSA) is 17.1 Å². The molecular weight excluding hydrogens is 288 g/mol. The zero-order valence-corrected chi connectivity index (χ0v) is 13.4. The van der Waals surface area contributed by atoms with Crippen molar-refractivity contribution in [3.05, 3.63) is 62.8 Å². The van der Waals surface area contributed by atoms with Crippen LogP contribution in [0.25, 0.3) is 6.08 Å². The predicted octanol–water partition coefficient (Wildman–Crippen LogP) is 5.60. The van der Waals surface area contributed by atoms with Crippen molar-refractivity contribution in [2.24, 2.45) is 0 Å². The molecule has 0 aliphatic heterocycles. The van der Waals surface area contributed by atoms with Crippen molar-refractivity contribution >= 4 is 34.8 Å². The fourth-order valence-corrected chi connectivity index (χ4v) is 2.76. The zero-order valence-electron chi connectivity index (χ0n) is 11.8. The van der Waals surface area contributed by atoms with Gasteiger partial charge in [-0.05, 0) is 34.8 Å². The number of thiophene rings is 1. The van der Waals surface area contributed by atoms with Crippen LogP contribution in [0.15, 0.2) is 42.5 Å². The molecule has 0 spiro atoms. The van der Waals surface area contributed by atoms with Gasteiger partial charge in [-0.3, -0.25) is 4.79 Å². The zero-order chi connectivity index (χ0) is 14.8. The molecule has 0 atom stereocenters. The van der Waals surface area contributed by atoms with Crippen molar-refractivity contribution in [1.29, 1.82) is 0 Å². The van der Waals surface area contributed by atoms with E-state index in [1.54, 1.807) is 18.2 Å². The molecule has 3 heteroatoms. The first-order valence-corrected chi connectivity index (χ1v) is 7.64. The average Bonchev–Trinajstić information content (AvgIpc) is 2.82. The van der Waals surface area contributed by atoms with Gasteiger partial charge in [-0.1, -0.05) is 62.7 Å². The second-order valence-electron chi connectivity index (χ2n) is 5.67. The number of allylic oxidation sites excluding steroid dienone is 1. The van der Waals surface area contributed by atoms with E-state index >= 15 is 0 Å². The molecule has 0 amide bonds. The summed E-state index contributed by atoms with van der Waals surface area (Å²) >= 11 is 7.13. The Hall–Kier alpha value is -1.38. The highest BCUT2D eigenvalue weighted by atomic mass is 35.5. The summed E-state index contributed by atoms with van der Waals surface area (Å²) in [5.74, 6) is -0.0122. The lowest BCUT2D eigenvalue weighted by Crippen LogP contribution is -2.10. The summed E-state index contributed by atoms with van der Waals surface area (Å²) < 4.78 is 0.635. The first kappa shape index (κ1) is 15.0. The molecule has 0 fully saturated rings. The van der Waals surface area contributed by atoms with E-state index in [-0.39, 0.29) is 11.2 Å². The standard InChI is InChI=1S/C17H17ClOS/c1-17(2,3)13-7-4-12(5-8-13)6-9-14(19)15-10-11-16(18)20-15/h4-11H,1-3H3/b9-6+. The normalized spacial score (nSPS) is 12.0. The van der Waals surface area contributed by atoms with Crippen LogP contribution in [-0.4, -0.2) is 5.78 Å². The highest BCUT2D eigenvalue weighted by molar-refractivity contribution is 7.18. The van der Waals surface area contributed by atoms with Gasteiger partial charge in [-0.15, -0.1) is 11.3 Å². The number of rotatable bonds is 3. The molecule has 0 N–H and O–H groups in total. The summed E-state index contributed by atoms with van der Waals surface area (Å²) in [6, 6.07) is 11.8. The second kappa shape index (κ2) is 5.94. The Morgan fingerprint density at radius 3 is 2.25 bits per heavy atom. The summed E-state index contributed by atoms with van der Waals surface area (Å²) in [5, 5.41) is 0. The largest absolute Gasteiger partial charge is 0.288 e. The molecule has 0 aliphatic carbocycles. The lowest BCUT2D eigenvalue weighted by molar-refractivity contribution is 0.105. The van der Waals surface area contributed by atoms with Crippen molar-refractivity contribution < 1.29 is 4.79 Å². The van der Waals surface area contributed by atoms with Crippen molar-refractivity contribution in [2.45, 2.75) is 26.2 Å². The number of hydrogen-bond acceptors (Lipinski definition) is 2. The van der Waals surface area contributed by atoms with E-state index in [0.29, 0.717) is 9.21 Å². The molecule has 1 aromatic heterocycles. The number of halogens is 1. The Kier molecular flexibility index (Phi) is 4.46. The third kappa shape index (κ3) is 3.81. The summed E-state index contributed by atoms with van der Waals surface area (Å²) in [4.78, 5) is 12.6. The Bertz CT molecular complexity index is 630. The number of ketones is 1. The summed E-state index contributed by atoms with van der Waals surface area (Å²) in [7, 11) is 0. The SMILES string of the molecule is CC(C)(C)c1ccc(/C=C/C(=O)c2ccc(Cl)s2)cc1. The maximum absolute atomic E-state index is 11.9. The van der Waals surface area contributed by atoms with E-state index in [9.17, 15) is 4.79 Å². The van der Waals surface area contributed by atoms with Gasteiger partial charge in [0.15, 0.2) is 5.78 Å². The van der Waals surface area contributed by atoms with Crippen molar-refractivity contribution in [2.75, 3.05) is 0 Å². The first-order valence-electron chi connectivity index (χ1n) is 6.44. The molecule has 0 radical (unpaired) electrons. The molecular formula is C17H17ClOS. The lowest BCUT2D eigenvalue weighted by Gasteiger charge is -2.18. The molecule has 0 unspecified atom stereocenters. The minimum atomic E-state index is -0.0122. The van der Waals surface area contributed by atoms with Gasteiger partial charge in [0.2, 0.25) is 0 Å². The summed E-state index contributed by atoms with van der Waals surface area (Å²) in [6.45, 7) is 6.55. The molecule has 2 rings (SSSR count). The minimum absolute atomic E-state index is 0.0122. The Balaban J connectivity index is 2.10. The highest BCUT2D eigenvalue weighted by Gasteiger charge is 2.12. The van der Waals surface area contributed by atoms with E-state index in [1.165, 1.54) is 16.9 Å². The number of hydrogen-bond donors (Lipinski definition) is 0. The van der Waals surface area contributed by atoms with Gasteiger partial charge in [0, 0.05) is 0 Å². The van der Waals surface area contributed by atoms with Gasteiger partial charge in [0.05, 0.1) is 9.21 Å². The lowest BCUT2D eigenvalue weighted by atomic mass is 9.87. The van der Waals surface area contributed by atoms with Gasteiger partial charge in [0.25, 0.3) is 0 Å². The van der Waals surface area contributed by atoms with E-state index < -0.39 is 0 Å². The van der Waals surface area contributed by atoms with E-state index in [0.717, 1.165) is 5.56 Å². The van der Waals surface area contributed by atoms with Crippen molar-refractivity contribution in [3.63, 3.8) is 0 Å². The van der Waals surface area contributed by atoms with E-state index in [4.69, 9.17) is 11.6 Å². The van der Waals surface area contributed by atoms with Crippen LogP contribution < -0.4 is 0 Å². The summed E-state index contributed by atoms with van der Waals surface area (Å²) in [6.07, 6.45) is 3.43. The Morgan fingerprint density at radius 1 is 1.10 bits per heavy atom. The van der Waals surface area contributed by atoms with Crippen LogP contribution in [0.2, 0.25) is 4.34 Å². The van der Waals surface area contributed by atoms with Crippen LogP contribution in [-0.2, 0) is 5.41 Å². The van der Waals surface area contributed by atoms with Gasteiger partial charge in [0.1, 0.15) is 0 Å². The van der Waals surface area contributed by atoms with Gasteiger partial charge in [-0.2, -0.15) is 0 Å². The van der Waals surface area contributed by atoms with Crippen molar-refractivity contribution in [1.82, 2.24) is 0 Å². The molecule has 0 aliphatic rings. The number of carbonyl (C=O) groups is 1. The van der Waals surface area contributed by atoms with Crippen LogP contribution in [0.1, 0.15) is 41.6 Å². The van der Waals surface area contributed by atoms with Crippen LogP contribution in [0, 0.1) is 0 Å². The smallest absolute Gasteiger partial charge is 0.195 e. The van der Waals surface area contributed by atoms with E-state index in [1.807, 2.05) is 18.2 Å². The minimum Gasteiger partial charge on any atom is -0.288 e. The molecule has 1 nitrogen and oxygen atoms in total. The van der Waals surface area contributed by atoms with Crippen LogP contribution in [0.3, 0.4) is 0 Å². The molecule has 2 aromatic rings. The Labute approximate surface area is 128 Å². The van der Waals surface area contributed by atoms with Gasteiger partial charge >= 0.3 is 0 Å². The average molecular weight is 305 g/mol. The quantitative estimate of drug-likeness (QED) is 0.533. The molecule has 0 saturated heterocycles. The highest BCUT2D eigenvalue weighted by Crippen LogP contribution is 2.24. The molecule has 0 bridgehead atoms. The van der Waals surface area contributed by atoms with Crippen LogP contribution in [0.4, 0.5) is 0 Å². The number of carbonyl (C=O) groups excluding carboxylic acids is 1. The fourth-order valence-electron chi connectivity index (χ4n) is 1.79. The maximum atomic E-state index is 11.9. The Morgan fingerprint density at radius 2 is 1.75 bits per heavy atom. The molecule has 104 valence electrons. The monoisotopic (exact) mass is 304 g/mol. The van der Waals surface area contributed by atoms with E-state index in [2.05, 4.69) is 32.9 Å². The number of benzene rings is 1. The van der Waals surface area contributed by atoms with Gasteiger partial charge < -0.3 is 0 Å². The van der Waals surface area contributed by atoms with Crippen molar-refractivity contribution in [3.8, 4) is 0 Å². The first-order chi connectivity index (χ1) is 9.36. The van der Waals surface area contributed by atoms with Crippen LogP contribution >= 0.6 is 22.9 Å². The van der Waals surface area contributed by atoms with Gasteiger partial charge in [-0.25, -0.2) is 0 Å². The third-order valence-electron chi connectivity index (χ3n) is 3.02. The third-order valence-corrected chi connectivity index (χ3v) is 4.27. The predicted molar refractivity (Wildman–Crippen MR) is 87.8 cm³/mol. The van der Waals surface area contributed by atoms with Crippen LogP contribution in [0.5, 0.6) is 0 Å². The molecule has 1 aromatic carbocycles. The molecule has 20 heavy (non-hydrogen) atoms.